The lowest BCUT2D eigenvalue weighted by Gasteiger charge is -2.44. The van der Waals surface area contributed by atoms with Gasteiger partial charge in [-0.3, -0.25) is 14.6 Å². The van der Waals surface area contributed by atoms with Gasteiger partial charge in [-0.2, -0.15) is 0 Å². The fourth-order valence-corrected chi connectivity index (χ4v) is 8.48. The van der Waals surface area contributed by atoms with Crippen molar-refractivity contribution in [2.75, 3.05) is 52.9 Å². The minimum absolute atomic E-state index is 0.147. The lowest BCUT2D eigenvalue weighted by molar-refractivity contribution is -0.143. The molecule has 54 heavy (non-hydrogen) atoms. The van der Waals surface area contributed by atoms with Crippen LogP contribution < -0.4 is 10.1 Å². The number of hydrogen-bond acceptors (Lipinski definition) is 9. The van der Waals surface area contributed by atoms with E-state index in [0.29, 0.717) is 78.9 Å². The maximum absolute atomic E-state index is 14.2. The molecule has 2 aromatic carbocycles. The van der Waals surface area contributed by atoms with Gasteiger partial charge in [0.2, 0.25) is 0 Å². The Morgan fingerprint density at radius 2 is 1.74 bits per heavy atom. The molecular weight excluding hydrogens is 733 g/mol. The van der Waals surface area contributed by atoms with Crippen molar-refractivity contribution in [3.63, 3.8) is 0 Å². The Hall–Kier alpha value is -4.79. The highest BCUT2D eigenvalue weighted by Gasteiger charge is 2.44. The zero-order valence-corrected chi connectivity index (χ0v) is 31.5. The van der Waals surface area contributed by atoms with Crippen LogP contribution in [0.4, 0.5) is 4.79 Å². The fourth-order valence-electron chi connectivity index (χ4n) is 8.19. The van der Waals surface area contributed by atoms with Gasteiger partial charge in [0, 0.05) is 57.1 Å². The molecule has 3 saturated heterocycles. The van der Waals surface area contributed by atoms with E-state index in [0.717, 1.165) is 43.6 Å². The first-order valence-electron chi connectivity index (χ1n) is 18.2. The first-order valence-corrected chi connectivity index (χ1v) is 18.9. The van der Waals surface area contributed by atoms with Crippen LogP contribution in [0.25, 0.3) is 5.69 Å². The van der Waals surface area contributed by atoms with Crippen molar-refractivity contribution in [1.29, 1.82) is 0 Å². The van der Waals surface area contributed by atoms with Crippen LogP contribution in [0.5, 0.6) is 5.75 Å². The molecule has 2 aromatic heterocycles. The van der Waals surface area contributed by atoms with Gasteiger partial charge in [0.25, 0.3) is 5.91 Å². The number of hydrogen-bond donors (Lipinski definition) is 2. The number of aromatic nitrogens is 5. The largest absolute Gasteiger partial charge is 0.496 e. The van der Waals surface area contributed by atoms with Gasteiger partial charge in [-0.05, 0) is 103 Å². The monoisotopic (exact) mass is 775 g/mol. The van der Waals surface area contributed by atoms with E-state index in [9.17, 15) is 19.5 Å². The smallest absolute Gasteiger partial charge is 0.318 e. The number of pyridine rings is 1. The van der Waals surface area contributed by atoms with E-state index >= 15 is 0 Å². The number of aliphatic carboxylic acids is 1. The van der Waals surface area contributed by atoms with Crippen LogP contribution >= 0.6 is 23.2 Å². The average Bonchev–Trinajstić information content (AvgIpc) is 3.91. The number of tetrazole rings is 1. The molecule has 3 fully saturated rings. The molecule has 3 aliphatic heterocycles. The van der Waals surface area contributed by atoms with Crippen LogP contribution in [0.15, 0.2) is 67.3 Å². The van der Waals surface area contributed by atoms with Crippen LogP contribution in [0.1, 0.15) is 60.0 Å². The third-order valence-electron chi connectivity index (χ3n) is 11.5. The molecule has 4 aromatic rings. The number of urea groups is 1. The lowest BCUT2D eigenvalue weighted by Crippen LogP contribution is -2.57. The number of carbonyl (C=O) groups is 3. The second-order valence-electron chi connectivity index (χ2n) is 14.5. The van der Waals surface area contributed by atoms with Crippen LogP contribution in [0.2, 0.25) is 10.0 Å². The van der Waals surface area contributed by atoms with Gasteiger partial charge < -0.3 is 29.9 Å². The second kappa shape index (κ2) is 15.9. The molecule has 5 heterocycles. The Labute approximate surface area is 323 Å². The molecule has 1 atom stereocenters. The van der Waals surface area contributed by atoms with Gasteiger partial charge in [-0.1, -0.05) is 35.3 Å². The number of likely N-dealkylation sites (tertiary alicyclic amines) is 3. The number of ether oxygens (including phenoxy) is 1. The predicted octanol–water partition coefficient (Wildman–Crippen LogP) is 5.04. The maximum atomic E-state index is 14.2. The van der Waals surface area contributed by atoms with Gasteiger partial charge in [0.15, 0.2) is 0 Å². The van der Waals surface area contributed by atoms with Crippen molar-refractivity contribution < 1.29 is 24.2 Å². The number of carboxylic acids is 1. The number of benzene rings is 2. The Morgan fingerprint density at radius 1 is 0.944 bits per heavy atom. The van der Waals surface area contributed by atoms with Crippen molar-refractivity contribution in [2.45, 2.75) is 49.5 Å². The number of methoxy groups -OCH3 is 1. The molecule has 2 N–H and O–H groups in total. The fraction of sp³-hybridized carbons (Fsp3) is 0.447. The lowest BCUT2D eigenvalue weighted by atomic mass is 9.76. The van der Waals surface area contributed by atoms with Gasteiger partial charge in [0.05, 0.1) is 39.9 Å². The summed E-state index contributed by atoms with van der Waals surface area (Å²) in [6.45, 7) is 4.06. The number of halogens is 2. The SMILES string of the molecule is COc1ccc(-n2cnnn2)cc1C(=O)N1CCC(CCN2CCC(NC(=O)N3CCC(C(=O)O)CC3)(c3cccnc3)CC2)(c2ccc(Cl)c(Cl)c2)C1. The summed E-state index contributed by atoms with van der Waals surface area (Å²) in [5.74, 6) is -0.907. The van der Waals surface area contributed by atoms with E-state index in [1.54, 1.807) is 36.4 Å². The summed E-state index contributed by atoms with van der Waals surface area (Å²) in [6.07, 6.45) is 8.77. The zero-order valence-electron chi connectivity index (χ0n) is 30.0. The minimum atomic E-state index is -0.806. The van der Waals surface area contributed by atoms with Crippen LogP contribution in [-0.4, -0.2) is 116 Å². The molecule has 0 aliphatic carbocycles. The van der Waals surface area contributed by atoms with Crippen molar-refractivity contribution in [3.8, 4) is 11.4 Å². The van der Waals surface area contributed by atoms with E-state index < -0.39 is 22.8 Å². The van der Waals surface area contributed by atoms with E-state index in [1.807, 2.05) is 41.4 Å². The summed E-state index contributed by atoms with van der Waals surface area (Å²) in [5.41, 5.74) is 2.05. The minimum Gasteiger partial charge on any atom is -0.496 e. The predicted molar refractivity (Wildman–Crippen MR) is 201 cm³/mol. The number of amides is 3. The Morgan fingerprint density at radius 3 is 2.41 bits per heavy atom. The van der Waals surface area contributed by atoms with Crippen LogP contribution in [-0.2, 0) is 15.7 Å². The first-order chi connectivity index (χ1) is 26.1. The molecule has 0 radical (unpaired) electrons. The van der Waals surface area contributed by atoms with Gasteiger partial charge in [0.1, 0.15) is 12.1 Å². The van der Waals surface area contributed by atoms with Gasteiger partial charge in [-0.15, -0.1) is 5.10 Å². The van der Waals surface area contributed by atoms with Gasteiger partial charge >= 0.3 is 12.0 Å². The van der Waals surface area contributed by atoms with E-state index in [-0.39, 0.29) is 11.9 Å². The Balaban J connectivity index is 1.07. The van der Waals surface area contributed by atoms with Crippen molar-refractivity contribution >= 4 is 41.1 Å². The number of carbonyl (C=O) groups excluding carboxylic acids is 2. The zero-order chi connectivity index (χ0) is 37.9. The average molecular weight is 777 g/mol. The molecular formula is C38H43Cl2N9O5. The maximum Gasteiger partial charge on any atom is 0.318 e. The normalized spacial score (nSPS) is 20.5. The number of piperidine rings is 2. The Kier molecular flexibility index (Phi) is 11.0. The van der Waals surface area contributed by atoms with Gasteiger partial charge in [-0.25, -0.2) is 9.48 Å². The molecule has 7 rings (SSSR count). The molecule has 0 bridgehead atoms. The summed E-state index contributed by atoms with van der Waals surface area (Å²) in [5, 5.41) is 25.1. The third kappa shape index (κ3) is 7.73. The number of nitrogens with zero attached hydrogens (tertiary/aromatic N) is 8. The summed E-state index contributed by atoms with van der Waals surface area (Å²) in [4.78, 5) is 49.7. The molecule has 0 spiro atoms. The quantitative estimate of drug-likeness (QED) is 0.224. The second-order valence-corrected chi connectivity index (χ2v) is 15.3. The molecule has 0 saturated carbocycles. The van der Waals surface area contributed by atoms with E-state index in [2.05, 4.69) is 30.7 Å². The highest BCUT2D eigenvalue weighted by Crippen LogP contribution is 2.42. The Bertz CT molecular complexity index is 1970. The van der Waals surface area contributed by atoms with Crippen molar-refractivity contribution in [1.82, 2.24) is 45.2 Å². The van der Waals surface area contributed by atoms with Crippen molar-refractivity contribution in [2.24, 2.45) is 5.92 Å². The molecule has 14 nitrogen and oxygen atoms in total. The number of carboxylic acid groups (broad SMARTS) is 1. The molecule has 1 unspecified atom stereocenters. The summed E-state index contributed by atoms with van der Waals surface area (Å²) in [7, 11) is 1.55. The van der Waals surface area contributed by atoms with E-state index in [1.165, 1.54) is 11.0 Å². The standard InChI is InChI=1S/C38H43Cl2N9O5/c1-54-33-7-5-29(49-25-42-44-45-49)22-30(33)34(50)48-20-11-37(24-48,27-4-6-31(39)32(40)21-27)10-17-46-18-12-38(13-19-46,28-3-2-14-41-23-28)43-36(53)47-15-8-26(9-16-47)35(51)52/h2-7,14,21-23,25-26H,8-13,15-20,24H2,1H3,(H,43,53)(H,51,52). The first kappa shape index (κ1) is 37.5. The third-order valence-corrected chi connectivity index (χ3v) is 12.2. The highest BCUT2D eigenvalue weighted by molar-refractivity contribution is 6.42. The topological polar surface area (TPSA) is 159 Å². The summed E-state index contributed by atoms with van der Waals surface area (Å²) < 4.78 is 7.11. The molecule has 284 valence electrons. The van der Waals surface area contributed by atoms with Crippen LogP contribution in [0, 0.1) is 5.92 Å². The molecule has 3 amide bonds. The van der Waals surface area contributed by atoms with Crippen LogP contribution in [0.3, 0.4) is 0 Å². The molecule has 16 heteroatoms. The van der Waals surface area contributed by atoms with Crippen molar-refractivity contribution in [3.05, 3.63) is 94.0 Å². The summed E-state index contributed by atoms with van der Waals surface area (Å²) in [6, 6.07) is 14.8. The highest BCUT2D eigenvalue weighted by atomic mass is 35.5. The molecule has 3 aliphatic rings. The van der Waals surface area contributed by atoms with E-state index in [4.69, 9.17) is 27.9 Å². The number of nitrogens with one attached hydrogen (secondary N) is 1. The summed E-state index contributed by atoms with van der Waals surface area (Å²) >= 11 is 13.0. The number of rotatable bonds is 10.